The van der Waals surface area contributed by atoms with E-state index in [0.717, 1.165) is 18.0 Å². The van der Waals surface area contributed by atoms with Crippen LogP contribution >= 0.6 is 0 Å². The van der Waals surface area contributed by atoms with Crippen LogP contribution in [0.15, 0.2) is 0 Å². The van der Waals surface area contributed by atoms with Crippen LogP contribution in [0.2, 0.25) is 0 Å². The van der Waals surface area contributed by atoms with Gasteiger partial charge < -0.3 is 5.32 Å². The van der Waals surface area contributed by atoms with Crippen LogP contribution in [0, 0.1) is 5.92 Å². The molecule has 2 fully saturated rings. The molecule has 0 aromatic heterocycles. The van der Waals surface area contributed by atoms with E-state index in [-0.39, 0.29) is 0 Å². The van der Waals surface area contributed by atoms with E-state index in [0.29, 0.717) is 0 Å². The molecule has 1 N–H and O–H groups in total. The molecular weight excluding hydrogens is 208 g/mol. The molecule has 3 atom stereocenters. The second-order valence-corrected chi connectivity index (χ2v) is 6.07. The monoisotopic (exact) mass is 238 g/mol. The van der Waals surface area contributed by atoms with Gasteiger partial charge in [0.25, 0.3) is 0 Å². The average Bonchev–Trinajstić information content (AvgIpc) is 2.38. The molecule has 3 unspecified atom stereocenters. The molecule has 2 heteroatoms. The van der Waals surface area contributed by atoms with Crippen molar-refractivity contribution in [2.24, 2.45) is 5.92 Å². The molecule has 0 radical (unpaired) electrons. The third-order valence-electron chi connectivity index (χ3n) is 4.71. The fraction of sp³-hybridized carbons (Fsp3) is 1.00. The van der Waals surface area contributed by atoms with Crippen LogP contribution in [0.25, 0.3) is 0 Å². The Morgan fingerprint density at radius 3 is 2.59 bits per heavy atom. The largest absolute Gasteiger partial charge is 0.315 e. The Balaban J connectivity index is 1.98. The maximum absolute atomic E-state index is 3.59. The highest BCUT2D eigenvalue weighted by atomic mass is 15.2. The highest BCUT2D eigenvalue weighted by Gasteiger charge is 2.31. The van der Waals surface area contributed by atoms with Gasteiger partial charge in [0, 0.05) is 18.6 Å². The Morgan fingerprint density at radius 1 is 1.12 bits per heavy atom. The standard InChI is InChI=1S/C15H30N2/c1-3-11-17(14-8-6-10-16-12-14)15-9-5-4-7-13(15)2/h13-16H,3-12H2,1-2H3. The molecule has 2 rings (SSSR count). The first-order valence-corrected chi connectivity index (χ1v) is 7.79. The molecule has 2 aliphatic rings. The highest BCUT2D eigenvalue weighted by molar-refractivity contribution is 4.87. The van der Waals surface area contributed by atoms with Crippen LogP contribution in [0.5, 0.6) is 0 Å². The fourth-order valence-corrected chi connectivity index (χ4v) is 3.78. The summed E-state index contributed by atoms with van der Waals surface area (Å²) in [4.78, 5) is 2.86. The molecule has 1 heterocycles. The Labute approximate surface area is 107 Å². The van der Waals surface area contributed by atoms with Crippen LogP contribution in [-0.2, 0) is 0 Å². The van der Waals surface area contributed by atoms with Crippen LogP contribution in [0.1, 0.15) is 58.8 Å². The van der Waals surface area contributed by atoms with Gasteiger partial charge in [-0.2, -0.15) is 0 Å². The SMILES string of the molecule is CCCN(C1CCCNC1)C1CCCCC1C. The van der Waals surface area contributed by atoms with Crippen LogP contribution in [0.3, 0.4) is 0 Å². The lowest BCUT2D eigenvalue weighted by molar-refractivity contribution is 0.0572. The van der Waals surface area contributed by atoms with Crippen molar-refractivity contribution in [2.45, 2.75) is 70.9 Å². The minimum atomic E-state index is 0.814. The fourth-order valence-electron chi connectivity index (χ4n) is 3.78. The first-order valence-electron chi connectivity index (χ1n) is 7.79. The van der Waals surface area contributed by atoms with E-state index in [4.69, 9.17) is 0 Å². The first-order chi connectivity index (χ1) is 8.33. The van der Waals surface area contributed by atoms with Gasteiger partial charge >= 0.3 is 0 Å². The van der Waals surface area contributed by atoms with Crippen molar-refractivity contribution in [3.05, 3.63) is 0 Å². The molecule has 0 spiro atoms. The quantitative estimate of drug-likeness (QED) is 0.810. The second kappa shape index (κ2) is 6.75. The molecule has 2 nitrogen and oxygen atoms in total. The van der Waals surface area contributed by atoms with Crippen molar-refractivity contribution in [3.63, 3.8) is 0 Å². The zero-order chi connectivity index (χ0) is 12.1. The number of nitrogens with one attached hydrogen (secondary N) is 1. The van der Waals surface area contributed by atoms with Crippen LogP contribution in [0.4, 0.5) is 0 Å². The van der Waals surface area contributed by atoms with Crippen molar-refractivity contribution in [1.82, 2.24) is 10.2 Å². The molecule has 100 valence electrons. The molecule has 1 saturated carbocycles. The predicted octanol–water partition coefficient (Wildman–Crippen LogP) is 3.03. The summed E-state index contributed by atoms with van der Waals surface area (Å²) in [5.74, 6) is 0.914. The van der Waals surface area contributed by atoms with Gasteiger partial charge in [-0.1, -0.05) is 26.7 Å². The van der Waals surface area contributed by atoms with E-state index in [1.54, 1.807) is 0 Å². The molecule has 0 amide bonds. The third-order valence-corrected chi connectivity index (χ3v) is 4.71. The van der Waals surface area contributed by atoms with Gasteiger partial charge in [-0.3, -0.25) is 4.90 Å². The van der Waals surface area contributed by atoms with Gasteiger partial charge in [0.2, 0.25) is 0 Å². The van der Waals surface area contributed by atoms with Crippen molar-refractivity contribution < 1.29 is 0 Å². The van der Waals surface area contributed by atoms with E-state index in [9.17, 15) is 0 Å². The maximum Gasteiger partial charge on any atom is 0.0224 e. The van der Waals surface area contributed by atoms with E-state index in [1.807, 2.05) is 0 Å². The normalized spacial score (nSPS) is 35.1. The Hall–Kier alpha value is -0.0800. The smallest absolute Gasteiger partial charge is 0.0224 e. The van der Waals surface area contributed by atoms with Crippen molar-refractivity contribution >= 4 is 0 Å². The van der Waals surface area contributed by atoms with E-state index in [2.05, 4.69) is 24.1 Å². The lowest BCUT2D eigenvalue weighted by Gasteiger charge is -2.44. The van der Waals surface area contributed by atoms with Gasteiger partial charge in [-0.25, -0.2) is 0 Å². The summed E-state index contributed by atoms with van der Waals surface area (Å²) in [6.07, 6.45) is 9.89. The van der Waals surface area contributed by atoms with E-state index < -0.39 is 0 Å². The zero-order valence-corrected chi connectivity index (χ0v) is 11.8. The van der Waals surface area contributed by atoms with Gasteiger partial charge in [-0.15, -0.1) is 0 Å². The summed E-state index contributed by atoms with van der Waals surface area (Å²) in [6, 6.07) is 1.68. The second-order valence-electron chi connectivity index (χ2n) is 6.07. The van der Waals surface area contributed by atoms with Gasteiger partial charge in [-0.05, 0) is 51.1 Å². The summed E-state index contributed by atoms with van der Waals surface area (Å²) in [6.45, 7) is 8.57. The lowest BCUT2D eigenvalue weighted by Crippen LogP contribution is -2.53. The number of hydrogen-bond acceptors (Lipinski definition) is 2. The summed E-state index contributed by atoms with van der Waals surface area (Å²) >= 11 is 0. The number of piperidine rings is 1. The third kappa shape index (κ3) is 3.45. The molecule has 1 aliphatic carbocycles. The Morgan fingerprint density at radius 2 is 1.94 bits per heavy atom. The first kappa shape index (κ1) is 13.4. The number of hydrogen-bond donors (Lipinski definition) is 1. The summed E-state index contributed by atoms with van der Waals surface area (Å²) in [5, 5.41) is 3.59. The zero-order valence-electron chi connectivity index (χ0n) is 11.8. The average molecular weight is 238 g/mol. The molecule has 1 saturated heterocycles. The van der Waals surface area contributed by atoms with Crippen LogP contribution in [-0.4, -0.2) is 36.6 Å². The minimum absolute atomic E-state index is 0.814. The minimum Gasteiger partial charge on any atom is -0.315 e. The Kier molecular flexibility index (Phi) is 5.30. The molecule has 0 aromatic rings. The summed E-state index contributed by atoms with van der Waals surface area (Å²) in [5.41, 5.74) is 0. The molecule has 0 bridgehead atoms. The van der Waals surface area contributed by atoms with Gasteiger partial charge in [0.15, 0.2) is 0 Å². The van der Waals surface area contributed by atoms with Crippen molar-refractivity contribution in [1.29, 1.82) is 0 Å². The van der Waals surface area contributed by atoms with E-state index in [1.165, 1.54) is 64.6 Å². The highest BCUT2D eigenvalue weighted by Crippen LogP contribution is 2.30. The topological polar surface area (TPSA) is 15.3 Å². The predicted molar refractivity (Wildman–Crippen MR) is 74.3 cm³/mol. The Bertz CT molecular complexity index is 211. The summed E-state index contributed by atoms with van der Waals surface area (Å²) in [7, 11) is 0. The van der Waals surface area contributed by atoms with Crippen molar-refractivity contribution in [2.75, 3.05) is 19.6 Å². The molecule has 0 aromatic carbocycles. The molecule has 1 aliphatic heterocycles. The number of rotatable bonds is 4. The lowest BCUT2D eigenvalue weighted by atomic mass is 9.83. The molecule has 17 heavy (non-hydrogen) atoms. The van der Waals surface area contributed by atoms with Gasteiger partial charge in [0.05, 0.1) is 0 Å². The number of nitrogens with zero attached hydrogens (tertiary/aromatic N) is 1. The molecular formula is C15H30N2. The summed E-state index contributed by atoms with van der Waals surface area (Å²) < 4.78 is 0. The van der Waals surface area contributed by atoms with Gasteiger partial charge in [0.1, 0.15) is 0 Å². The van der Waals surface area contributed by atoms with Crippen LogP contribution < -0.4 is 5.32 Å². The van der Waals surface area contributed by atoms with E-state index >= 15 is 0 Å². The maximum atomic E-state index is 3.59. The van der Waals surface area contributed by atoms with Crippen molar-refractivity contribution in [3.8, 4) is 0 Å².